The molecule has 1 saturated heterocycles. The van der Waals surface area contributed by atoms with Crippen LogP contribution in [0.15, 0.2) is 0 Å². The van der Waals surface area contributed by atoms with Crippen LogP contribution >= 0.6 is 0 Å². The van der Waals surface area contributed by atoms with Gasteiger partial charge in [0.2, 0.25) is 0 Å². The number of carbonyl (C=O) groups excluding carboxylic acids is 2. The molecule has 1 aliphatic heterocycles. The third-order valence-electron chi connectivity index (χ3n) is 1.78. The van der Waals surface area contributed by atoms with Gasteiger partial charge in [0, 0.05) is 0 Å². The van der Waals surface area contributed by atoms with Crippen LogP contribution in [0.3, 0.4) is 0 Å². The van der Waals surface area contributed by atoms with Crippen molar-refractivity contribution in [2.24, 2.45) is 5.92 Å². The first kappa shape index (κ1) is 12.0. The molecule has 1 N–H and O–H groups in total. The molecule has 0 aliphatic carbocycles. The van der Waals surface area contributed by atoms with Crippen molar-refractivity contribution < 1.29 is 14.3 Å². The average Bonchev–Trinajstić information content (AvgIpc) is 1.75. The Morgan fingerprint density at radius 3 is 2.29 bits per heavy atom. The zero-order valence-electron chi connectivity index (χ0n) is 8.72. The minimum atomic E-state index is -1.65. The molecular formula is C9H15NO3Sn. The van der Waals surface area contributed by atoms with E-state index in [4.69, 9.17) is 4.74 Å². The van der Waals surface area contributed by atoms with Gasteiger partial charge in [-0.1, -0.05) is 0 Å². The monoisotopic (exact) mass is 305 g/mol. The molecule has 1 heterocycles. The quantitative estimate of drug-likeness (QED) is 0.766. The van der Waals surface area contributed by atoms with E-state index in [-0.39, 0.29) is 13.7 Å². The fourth-order valence-corrected chi connectivity index (χ4v) is 3.74. The summed E-state index contributed by atoms with van der Waals surface area (Å²) in [5.74, 6) is 0.0918. The maximum atomic E-state index is 11.5. The van der Waals surface area contributed by atoms with Crippen molar-refractivity contribution in [3.05, 3.63) is 0 Å². The Hall–Kier alpha value is -0.101. The van der Waals surface area contributed by atoms with E-state index in [1.54, 1.807) is 0 Å². The fraction of sp³-hybridized carbons (Fsp3) is 0.778. The Morgan fingerprint density at radius 2 is 1.93 bits per heavy atom. The average molecular weight is 304 g/mol. The molecule has 0 saturated carbocycles. The van der Waals surface area contributed by atoms with Gasteiger partial charge in [0.1, 0.15) is 0 Å². The SMILES string of the molecule is CC(C)(C)O[C](=O)[Sn][C](=O)C1CNC1. The Balaban J connectivity index is 2.29. The molecule has 78 valence electrons. The zero-order valence-corrected chi connectivity index (χ0v) is 11.6. The van der Waals surface area contributed by atoms with Crippen molar-refractivity contribution in [3.8, 4) is 0 Å². The standard InChI is InChI=1S/C5H9O2.C4H6NO.Sn/c1-5(2,3)7-4-6;6-3-4-1-5-2-4;/h1-3H3;4-5H,1-2H2;. The number of hydrogen-bond donors (Lipinski definition) is 1. The van der Waals surface area contributed by atoms with Gasteiger partial charge in [-0.3, -0.25) is 0 Å². The molecule has 5 heteroatoms. The molecular weight excluding hydrogens is 289 g/mol. The molecule has 0 spiro atoms. The van der Waals surface area contributed by atoms with E-state index in [2.05, 4.69) is 5.32 Å². The molecule has 0 aromatic carbocycles. The van der Waals surface area contributed by atoms with Crippen molar-refractivity contribution in [3.63, 3.8) is 0 Å². The van der Waals surface area contributed by atoms with Gasteiger partial charge in [0.05, 0.1) is 0 Å². The van der Waals surface area contributed by atoms with Gasteiger partial charge >= 0.3 is 93.9 Å². The van der Waals surface area contributed by atoms with Crippen LogP contribution in [0.25, 0.3) is 0 Å². The molecule has 0 aromatic rings. The van der Waals surface area contributed by atoms with Crippen LogP contribution in [0.5, 0.6) is 0 Å². The molecule has 0 bridgehead atoms. The molecule has 0 aromatic heterocycles. The van der Waals surface area contributed by atoms with Gasteiger partial charge in [-0.25, -0.2) is 0 Å². The van der Waals surface area contributed by atoms with Gasteiger partial charge in [0.25, 0.3) is 0 Å². The van der Waals surface area contributed by atoms with Crippen LogP contribution in [0, 0.1) is 5.92 Å². The number of nitrogens with one attached hydrogen (secondary N) is 1. The van der Waals surface area contributed by atoms with Crippen LogP contribution in [-0.4, -0.2) is 47.6 Å². The van der Waals surface area contributed by atoms with Crippen molar-refractivity contribution in [2.45, 2.75) is 26.4 Å². The van der Waals surface area contributed by atoms with Crippen LogP contribution in [0.2, 0.25) is 0 Å². The predicted molar refractivity (Wildman–Crippen MR) is 53.4 cm³/mol. The van der Waals surface area contributed by atoms with Crippen molar-refractivity contribution in [1.82, 2.24) is 5.32 Å². The van der Waals surface area contributed by atoms with Gasteiger partial charge in [0.15, 0.2) is 0 Å². The van der Waals surface area contributed by atoms with E-state index >= 15 is 0 Å². The normalized spacial score (nSPS) is 17.4. The topological polar surface area (TPSA) is 55.4 Å². The van der Waals surface area contributed by atoms with Crippen LogP contribution in [0.1, 0.15) is 20.8 Å². The summed E-state index contributed by atoms with van der Waals surface area (Å²) in [6.07, 6.45) is 0. The number of hydrogen-bond acceptors (Lipinski definition) is 4. The molecule has 0 unspecified atom stereocenters. The number of rotatable bonds is 3. The zero-order chi connectivity index (χ0) is 10.8. The summed E-state index contributed by atoms with van der Waals surface area (Å²) in [7, 11) is 0. The molecule has 1 aliphatic rings. The molecule has 2 radical (unpaired) electrons. The minimum absolute atomic E-state index is 0.0918. The Kier molecular flexibility index (Phi) is 3.94. The van der Waals surface area contributed by atoms with Gasteiger partial charge in [-0.05, 0) is 0 Å². The molecule has 1 rings (SSSR count). The van der Waals surface area contributed by atoms with Crippen LogP contribution in [0.4, 0.5) is 4.79 Å². The Bertz CT molecular complexity index is 243. The van der Waals surface area contributed by atoms with Crippen molar-refractivity contribution in [1.29, 1.82) is 0 Å². The van der Waals surface area contributed by atoms with Crippen molar-refractivity contribution in [2.75, 3.05) is 13.1 Å². The predicted octanol–water partition coefficient (Wildman–Crippen LogP) is 0.372. The summed E-state index contributed by atoms with van der Waals surface area (Å²) >= 11 is -1.65. The van der Waals surface area contributed by atoms with E-state index in [0.717, 1.165) is 13.1 Å². The first-order valence-electron chi connectivity index (χ1n) is 4.63. The second-order valence-corrected chi connectivity index (χ2v) is 7.63. The summed E-state index contributed by atoms with van der Waals surface area (Å²) < 4.78 is 5.02. The van der Waals surface area contributed by atoms with E-state index in [0.29, 0.717) is 0 Å². The maximum absolute atomic E-state index is 11.5. The molecule has 4 nitrogen and oxygen atoms in total. The summed E-state index contributed by atoms with van der Waals surface area (Å²) in [6.45, 7) is 6.93. The fourth-order valence-electron chi connectivity index (χ4n) is 0.980. The van der Waals surface area contributed by atoms with E-state index < -0.39 is 26.7 Å². The van der Waals surface area contributed by atoms with Gasteiger partial charge < -0.3 is 0 Å². The second-order valence-electron chi connectivity index (χ2n) is 4.35. The van der Waals surface area contributed by atoms with E-state index in [1.165, 1.54) is 0 Å². The third kappa shape index (κ3) is 3.96. The van der Waals surface area contributed by atoms with E-state index in [9.17, 15) is 9.59 Å². The number of ether oxygens (including phenoxy) is 1. The van der Waals surface area contributed by atoms with Gasteiger partial charge in [-0.2, -0.15) is 0 Å². The Labute approximate surface area is 94.0 Å². The summed E-state index contributed by atoms with van der Waals surface area (Å²) in [6, 6.07) is 0. The summed E-state index contributed by atoms with van der Waals surface area (Å²) in [5, 5.41) is 3.02. The van der Waals surface area contributed by atoms with Crippen LogP contribution in [-0.2, 0) is 9.53 Å². The second kappa shape index (κ2) is 4.61. The number of carbonyl (C=O) groups is 2. The molecule has 14 heavy (non-hydrogen) atoms. The first-order chi connectivity index (χ1) is 6.38. The van der Waals surface area contributed by atoms with Crippen molar-refractivity contribution >= 4 is 28.9 Å². The summed E-state index contributed by atoms with van der Waals surface area (Å²) in [4.78, 5) is 22.8. The van der Waals surface area contributed by atoms with Gasteiger partial charge in [-0.15, -0.1) is 0 Å². The van der Waals surface area contributed by atoms with E-state index in [1.807, 2.05) is 20.8 Å². The third-order valence-corrected chi connectivity index (χ3v) is 4.52. The summed E-state index contributed by atoms with van der Waals surface area (Å²) in [5.41, 5.74) is -0.462. The molecule has 1 fully saturated rings. The Morgan fingerprint density at radius 1 is 1.36 bits per heavy atom. The first-order valence-corrected chi connectivity index (χ1v) is 7.48. The molecule has 0 amide bonds. The van der Waals surface area contributed by atoms with Crippen LogP contribution < -0.4 is 5.32 Å². The molecule has 0 atom stereocenters.